The van der Waals surface area contributed by atoms with E-state index in [1.807, 2.05) is 49.4 Å². The molecule has 7 heteroatoms. The van der Waals surface area contributed by atoms with Crippen molar-refractivity contribution in [1.29, 1.82) is 0 Å². The molecular weight excluding hydrogens is 306 g/mol. The molecule has 0 amide bonds. The molecule has 2 aromatic carbocycles. The van der Waals surface area contributed by atoms with E-state index in [9.17, 15) is 0 Å². The van der Waals surface area contributed by atoms with Crippen LogP contribution < -0.4 is 14.8 Å². The van der Waals surface area contributed by atoms with E-state index in [4.69, 9.17) is 9.47 Å². The highest BCUT2D eigenvalue weighted by Crippen LogP contribution is 2.25. The van der Waals surface area contributed by atoms with Gasteiger partial charge >= 0.3 is 0 Å². The Kier molecular flexibility index (Phi) is 4.60. The lowest BCUT2D eigenvalue weighted by atomic mass is 10.1. The van der Waals surface area contributed by atoms with Gasteiger partial charge in [-0.05, 0) is 53.7 Å². The summed E-state index contributed by atoms with van der Waals surface area (Å²) in [5, 5.41) is 15.0. The zero-order chi connectivity index (χ0) is 16.9. The van der Waals surface area contributed by atoms with Gasteiger partial charge in [0.25, 0.3) is 0 Å². The average molecular weight is 325 g/mol. The van der Waals surface area contributed by atoms with Crippen LogP contribution in [-0.4, -0.2) is 34.4 Å². The van der Waals surface area contributed by atoms with Gasteiger partial charge in [0.15, 0.2) is 5.82 Å². The Morgan fingerprint density at radius 3 is 2.67 bits per heavy atom. The largest absolute Gasteiger partial charge is 0.497 e. The molecule has 0 spiro atoms. The number of aromatic nitrogens is 4. The van der Waals surface area contributed by atoms with Gasteiger partial charge in [-0.3, -0.25) is 0 Å². The third-order valence-electron chi connectivity index (χ3n) is 3.69. The molecule has 0 saturated carbocycles. The Labute approximate surface area is 140 Å². The number of ether oxygens (including phenoxy) is 2. The minimum atomic E-state index is 0.610. The van der Waals surface area contributed by atoms with Crippen LogP contribution in [0, 0.1) is 6.92 Å². The van der Waals surface area contributed by atoms with E-state index in [1.165, 1.54) is 0 Å². The Hall–Kier alpha value is -3.09. The Balaban J connectivity index is 1.79. The summed E-state index contributed by atoms with van der Waals surface area (Å²) < 4.78 is 12.4. The van der Waals surface area contributed by atoms with E-state index in [1.54, 1.807) is 18.9 Å². The summed E-state index contributed by atoms with van der Waals surface area (Å²) in [6.07, 6.45) is 0. The van der Waals surface area contributed by atoms with E-state index in [-0.39, 0.29) is 0 Å². The third kappa shape index (κ3) is 3.29. The van der Waals surface area contributed by atoms with Crippen molar-refractivity contribution in [2.24, 2.45) is 0 Å². The SMILES string of the molecule is COc1ccc(OC)c(CNc2cccc(-n3nnnc3C)c2)c1. The van der Waals surface area contributed by atoms with Crippen LogP contribution in [-0.2, 0) is 6.54 Å². The molecular formula is C17H19N5O2. The first-order chi connectivity index (χ1) is 11.7. The van der Waals surface area contributed by atoms with E-state index in [0.717, 1.165) is 34.3 Å². The average Bonchev–Trinajstić information content (AvgIpc) is 3.06. The summed E-state index contributed by atoms with van der Waals surface area (Å²) in [6.45, 7) is 2.47. The van der Waals surface area contributed by atoms with Crippen LogP contribution in [0.25, 0.3) is 5.69 Å². The minimum absolute atomic E-state index is 0.610. The van der Waals surface area contributed by atoms with E-state index in [0.29, 0.717) is 6.54 Å². The molecule has 0 aliphatic heterocycles. The first kappa shape index (κ1) is 15.8. The molecule has 1 heterocycles. The van der Waals surface area contributed by atoms with Crippen LogP contribution in [0.1, 0.15) is 11.4 Å². The van der Waals surface area contributed by atoms with Gasteiger partial charge in [-0.25, -0.2) is 0 Å². The smallest absolute Gasteiger partial charge is 0.153 e. The Morgan fingerprint density at radius 1 is 1.08 bits per heavy atom. The van der Waals surface area contributed by atoms with Gasteiger partial charge < -0.3 is 14.8 Å². The lowest BCUT2D eigenvalue weighted by molar-refractivity contribution is 0.399. The van der Waals surface area contributed by atoms with Crippen LogP contribution in [0.3, 0.4) is 0 Å². The molecule has 1 N–H and O–H groups in total. The number of aryl methyl sites for hydroxylation is 1. The maximum atomic E-state index is 5.41. The second-order valence-corrected chi connectivity index (χ2v) is 5.22. The van der Waals surface area contributed by atoms with Crippen LogP contribution in [0.5, 0.6) is 11.5 Å². The summed E-state index contributed by atoms with van der Waals surface area (Å²) in [5.41, 5.74) is 2.88. The van der Waals surface area contributed by atoms with Crippen LogP contribution in [0.4, 0.5) is 5.69 Å². The fourth-order valence-corrected chi connectivity index (χ4v) is 2.44. The van der Waals surface area contributed by atoms with Gasteiger partial charge in [-0.1, -0.05) is 6.07 Å². The molecule has 0 aliphatic carbocycles. The third-order valence-corrected chi connectivity index (χ3v) is 3.69. The molecule has 0 radical (unpaired) electrons. The maximum absolute atomic E-state index is 5.41. The van der Waals surface area contributed by atoms with Gasteiger partial charge in [-0.15, -0.1) is 5.10 Å². The maximum Gasteiger partial charge on any atom is 0.153 e. The normalized spacial score (nSPS) is 10.5. The second kappa shape index (κ2) is 6.99. The molecule has 124 valence electrons. The predicted octanol–water partition coefficient (Wildman–Crippen LogP) is 2.60. The number of rotatable bonds is 6. The summed E-state index contributed by atoms with van der Waals surface area (Å²) in [6, 6.07) is 13.6. The molecule has 1 aromatic heterocycles. The van der Waals surface area contributed by atoms with E-state index in [2.05, 4.69) is 20.8 Å². The minimum Gasteiger partial charge on any atom is -0.497 e. The van der Waals surface area contributed by atoms with Crippen LogP contribution >= 0.6 is 0 Å². The predicted molar refractivity (Wildman–Crippen MR) is 90.8 cm³/mol. The molecule has 0 aliphatic rings. The number of tetrazole rings is 1. The van der Waals surface area contributed by atoms with Gasteiger partial charge in [-0.2, -0.15) is 4.68 Å². The standard InChI is InChI=1S/C17H19N5O2/c1-12-19-20-21-22(12)15-6-4-5-14(10-15)18-11-13-9-16(23-2)7-8-17(13)24-3/h4-10,18H,11H2,1-3H3. The molecule has 7 nitrogen and oxygen atoms in total. The molecule has 0 fully saturated rings. The summed E-state index contributed by atoms with van der Waals surface area (Å²) in [5.74, 6) is 2.35. The van der Waals surface area contributed by atoms with Crippen molar-refractivity contribution in [2.75, 3.05) is 19.5 Å². The summed E-state index contributed by atoms with van der Waals surface area (Å²) >= 11 is 0. The van der Waals surface area contributed by atoms with Gasteiger partial charge in [0.2, 0.25) is 0 Å². The Bertz CT molecular complexity index is 831. The highest BCUT2D eigenvalue weighted by Gasteiger charge is 2.07. The molecule has 3 rings (SSSR count). The van der Waals surface area contributed by atoms with Crippen molar-refractivity contribution in [3.8, 4) is 17.2 Å². The van der Waals surface area contributed by atoms with Crippen molar-refractivity contribution >= 4 is 5.69 Å². The first-order valence-corrected chi connectivity index (χ1v) is 7.51. The fraction of sp³-hybridized carbons (Fsp3) is 0.235. The molecule has 0 atom stereocenters. The van der Waals surface area contributed by atoms with Crippen LogP contribution in [0.15, 0.2) is 42.5 Å². The fourth-order valence-electron chi connectivity index (χ4n) is 2.44. The van der Waals surface area contributed by atoms with E-state index >= 15 is 0 Å². The summed E-state index contributed by atoms with van der Waals surface area (Å²) in [4.78, 5) is 0. The zero-order valence-corrected chi connectivity index (χ0v) is 13.9. The Morgan fingerprint density at radius 2 is 1.96 bits per heavy atom. The monoisotopic (exact) mass is 325 g/mol. The molecule has 0 unspecified atom stereocenters. The number of nitrogens with one attached hydrogen (secondary N) is 1. The summed E-state index contributed by atoms with van der Waals surface area (Å²) in [7, 11) is 3.31. The highest BCUT2D eigenvalue weighted by molar-refractivity contribution is 5.52. The van der Waals surface area contributed by atoms with Crippen molar-refractivity contribution in [3.05, 3.63) is 53.9 Å². The van der Waals surface area contributed by atoms with Crippen molar-refractivity contribution < 1.29 is 9.47 Å². The number of anilines is 1. The second-order valence-electron chi connectivity index (χ2n) is 5.22. The number of hydrogen-bond acceptors (Lipinski definition) is 6. The van der Waals surface area contributed by atoms with Gasteiger partial charge in [0.05, 0.1) is 19.9 Å². The van der Waals surface area contributed by atoms with Gasteiger partial charge in [0.1, 0.15) is 11.5 Å². The quantitative estimate of drug-likeness (QED) is 0.751. The van der Waals surface area contributed by atoms with Crippen molar-refractivity contribution in [3.63, 3.8) is 0 Å². The zero-order valence-electron chi connectivity index (χ0n) is 13.9. The topological polar surface area (TPSA) is 74.1 Å². The molecule has 0 saturated heterocycles. The lowest BCUT2D eigenvalue weighted by Gasteiger charge is -2.13. The number of nitrogens with zero attached hydrogens (tertiary/aromatic N) is 4. The lowest BCUT2D eigenvalue weighted by Crippen LogP contribution is -2.04. The molecule has 24 heavy (non-hydrogen) atoms. The van der Waals surface area contributed by atoms with Crippen LogP contribution in [0.2, 0.25) is 0 Å². The first-order valence-electron chi connectivity index (χ1n) is 7.51. The van der Waals surface area contributed by atoms with Gasteiger partial charge in [0, 0.05) is 17.8 Å². The number of methoxy groups -OCH3 is 2. The number of benzene rings is 2. The van der Waals surface area contributed by atoms with E-state index < -0.39 is 0 Å². The molecule has 3 aromatic rings. The highest BCUT2D eigenvalue weighted by atomic mass is 16.5. The number of hydrogen-bond donors (Lipinski definition) is 1. The molecule has 0 bridgehead atoms. The van der Waals surface area contributed by atoms with Crippen molar-refractivity contribution in [1.82, 2.24) is 20.2 Å². The van der Waals surface area contributed by atoms with Crippen molar-refractivity contribution in [2.45, 2.75) is 13.5 Å².